The SMILES string of the molecule is Nc1cc(Nc2cccc(F)c2)nc(C(=O)N2Cc3ccccc3C2)c1. The van der Waals surface area contributed by atoms with Crippen LogP contribution >= 0.6 is 0 Å². The molecule has 0 spiro atoms. The fourth-order valence-electron chi connectivity index (χ4n) is 3.08. The summed E-state index contributed by atoms with van der Waals surface area (Å²) in [5, 5.41) is 2.99. The first-order valence-corrected chi connectivity index (χ1v) is 8.25. The minimum Gasteiger partial charge on any atom is -0.399 e. The summed E-state index contributed by atoms with van der Waals surface area (Å²) >= 11 is 0. The summed E-state index contributed by atoms with van der Waals surface area (Å²) in [6.07, 6.45) is 0. The van der Waals surface area contributed by atoms with Gasteiger partial charge in [-0.25, -0.2) is 9.37 Å². The number of benzene rings is 2. The number of aromatic nitrogens is 1. The molecule has 1 aliphatic rings. The van der Waals surface area contributed by atoms with E-state index in [2.05, 4.69) is 10.3 Å². The molecule has 0 unspecified atom stereocenters. The summed E-state index contributed by atoms with van der Waals surface area (Å²) < 4.78 is 13.3. The second-order valence-corrected chi connectivity index (χ2v) is 6.24. The van der Waals surface area contributed by atoms with E-state index in [1.54, 1.807) is 29.2 Å². The molecule has 0 aliphatic carbocycles. The standard InChI is InChI=1S/C20H17FN4O/c21-15-6-3-7-17(8-15)23-19-10-16(22)9-18(24-19)20(26)25-11-13-4-1-2-5-14(13)12-25/h1-10H,11-12H2,(H3,22,23,24). The molecule has 0 saturated heterocycles. The number of nitrogen functional groups attached to an aromatic ring is 1. The maximum Gasteiger partial charge on any atom is 0.273 e. The van der Waals surface area contributed by atoms with E-state index in [4.69, 9.17) is 5.73 Å². The average Bonchev–Trinajstić information content (AvgIpc) is 3.04. The number of pyridine rings is 1. The smallest absolute Gasteiger partial charge is 0.273 e. The molecule has 1 amide bonds. The summed E-state index contributed by atoms with van der Waals surface area (Å²) in [6, 6.07) is 17.2. The number of hydrogen-bond acceptors (Lipinski definition) is 4. The summed E-state index contributed by atoms with van der Waals surface area (Å²) in [7, 11) is 0. The Morgan fingerprint density at radius 2 is 1.77 bits per heavy atom. The number of carbonyl (C=O) groups excluding carboxylic acids is 1. The van der Waals surface area contributed by atoms with Crippen LogP contribution in [0.5, 0.6) is 0 Å². The van der Waals surface area contributed by atoms with E-state index in [1.807, 2.05) is 24.3 Å². The van der Waals surface area contributed by atoms with Gasteiger partial charge in [0, 0.05) is 30.5 Å². The summed E-state index contributed by atoms with van der Waals surface area (Å²) in [4.78, 5) is 18.9. The van der Waals surface area contributed by atoms with Crippen molar-refractivity contribution >= 4 is 23.1 Å². The second-order valence-electron chi connectivity index (χ2n) is 6.24. The van der Waals surface area contributed by atoms with Crippen LogP contribution in [-0.2, 0) is 13.1 Å². The van der Waals surface area contributed by atoms with Gasteiger partial charge in [0.1, 0.15) is 17.3 Å². The number of carbonyl (C=O) groups is 1. The normalized spacial score (nSPS) is 12.7. The van der Waals surface area contributed by atoms with Crippen molar-refractivity contribution in [2.75, 3.05) is 11.1 Å². The van der Waals surface area contributed by atoms with Crippen molar-refractivity contribution in [3.8, 4) is 0 Å². The largest absolute Gasteiger partial charge is 0.399 e. The van der Waals surface area contributed by atoms with Gasteiger partial charge >= 0.3 is 0 Å². The molecule has 1 aliphatic heterocycles. The molecule has 0 radical (unpaired) electrons. The highest BCUT2D eigenvalue weighted by atomic mass is 19.1. The van der Waals surface area contributed by atoms with Crippen molar-refractivity contribution in [2.45, 2.75) is 13.1 Å². The molecule has 3 aromatic rings. The molecule has 4 rings (SSSR count). The van der Waals surface area contributed by atoms with E-state index in [1.165, 1.54) is 12.1 Å². The third-order valence-electron chi connectivity index (χ3n) is 4.29. The minimum absolute atomic E-state index is 0.184. The van der Waals surface area contributed by atoms with Crippen molar-refractivity contribution in [1.29, 1.82) is 0 Å². The lowest BCUT2D eigenvalue weighted by Crippen LogP contribution is -2.26. The predicted molar refractivity (Wildman–Crippen MR) is 98.4 cm³/mol. The summed E-state index contributed by atoms with van der Waals surface area (Å²) in [5.74, 6) is -0.142. The van der Waals surface area contributed by atoms with Gasteiger partial charge < -0.3 is 16.0 Å². The first-order chi connectivity index (χ1) is 12.6. The number of hydrogen-bond donors (Lipinski definition) is 2. The molecule has 26 heavy (non-hydrogen) atoms. The van der Waals surface area contributed by atoms with Crippen molar-refractivity contribution in [1.82, 2.24) is 9.88 Å². The topological polar surface area (TPSA) is 71.2 Å². The molecule has 3 N–H and O–H groups in total. The Bertz CT molecular complexity index is 964. The fraction of sp³-hybridized carbons (Fsp3) is 0.100. The van der Waals surface area contributed by atoms with Gasteiger partial charge in [-0.2, -0.15) is 0 Å². The Morgan fingerprint density at radius 3 is 2.46 bits per heavy atom. The molecule has 130 valence electrons. The van der Waals surface area contributed by atoms with E-state index in [-0.39, 0.29) is 17.4 Å². The zero-order valence-electron chi connectivity index (χ0n) is 13.9. The Hall–Kier alpha value is -3.41. The van der Waals surface area contributed by atoms with E-state index >= 15 is 0 Å². The number of halogens is 1. The van der Waals surface area contributed by atoms with Crippen molar-refractivity contribution in [3.63, 3.8) is 0 Å². The van der Waals surface area contributed by atoms with Crippen LogP contribution in [0.2, 0.25) is 0 Å². The Balaban J connectivity index is 1.57. The molecule has 0 bridgehead atoms. The Morgan fingerprint density at radius 1 is 1.04 bits per heavy atom. The number of nitrogens with two attached hydrogens (primary N) is 1. The van der Waals surface area contributed by atoms with Crippen LogP contribution in [0.1, 0.15) is 21.6 Å². The molecule has 1 aromatic heterocycles. The number of fused-ring (bicyclic) bond motifs is 1. The Kier molecular flexibility index (Phi) is 4.01. The molecule has 0 atom stereocenters. The maximum absolute atomic E-state index is 13.3. The van der Waals surface area contributed by atoms with Gasteiger partial charge in [-0.3, -0.25) is 4.79 Å². The quantitative estimate of drug-likeness (QED) is 0.757. The van der Waals surface area contributed by atoms with Crippen LogP contribution < -0.4 is 11.1 Å². The average molecular weight is 348 g/mol. The van der Waals surface area contributed by atoms with Crippen LogP contribution in [0, 0.1) is 5.82 Å². The highest BCUT2D eigenvalue weighted by Gasteiger charge is 2.25. The number of amides is 1. The lowest BCUT2D eigenvalue weighted by Gasteiger charge is -2.16. The third kappa shape index (κ3) is 3.21. The van der Waals surface area contributed by atoms with Crippen LogP contribution in [0.4, 0.5) is 21.6 Å². The van der Waals surface area contributed by atoms with Crippen molar-refractivity contribution < 1.29 is 9.18 Å². The number of nitrogens with zero attached hydrogens (tertiary/aromatic N) is 2. The maximum atomic E-state index is 13.3. The van der Waals surface area contributed by atoms with E-state index in [0.29, 0.717) is 30.3 Å². The lowest BCUT2D eigenvalue weighted by atomic mass is 10.1. The monoisotopic (exact) mass is 348 g/mol. The van der Waals surface area contributed by atoms with Crippen LogP contribution in [-0.4, -0.2) is 15.8 Å². The number of anilines is 3. The van der Waals surface area contributed by atoms with Gasteiger partial charge in [-0.1, -0.05) is 30.3 Å². The van der Waals surface area contributed by atoms with E-state index in [9.17, 15) is 9.18 Å². The number of rotatable bonds is 3. The van der Waals surface area contributed by atoms with Crippen LogP contribution in [0.3, 0.4) is 0 Å². The Labute approximate surface area is 150 Å². The summed E-state index contributed by atoms with van der Waals surface area (Å²) in [5.41, 5.74) is 9.44. The zero-order chi connectivity index (χ0) is 18.1. The highest BCUT2D eigenvalue weighted by Crippen LogP contribution is 2.25. The zero-order valence-corrected chi connectivity index (χ0v) is 13.9. The third-order valence-corrected chi connectivity index (χ3v) is 4.29. The van der Waals surface area contributed by atoms with E-state index < -0.39 is 0 Å². The molecule has 2 heterocycles. The predicted octanol–water partition coefficient (Wildman–Crippen LogP) is 3.70. The van der Waals surface area contributed by atoms with Crippen LogP contribution in [0.25, 0.3) is 0 Å². The molecule has 0 saturated carbocycles. The first kappa shape index (κ1) is 16.1. The van der Waals surface area contributed by atoms with Crippen molar-refractivity contribution in [3.05, 3.63) is 83.3 Å². The van der Waals surface area contributed by atoms with Crippen molar-refractivity contribution in [2.24, 2.45) is 0 Å². The van der Waals surface area contributed by atoms with Gasteiger partial charge in [-0.15, -0.1) is 0 Å². The van der Waals surface area contributed by atoms with Gasteiger partial charge in [0.15, 0.2) is 0 Å². The molecule has 0 fully saturated rings. The number of nitrogens with one attached hydrogen (secondary N) is 1. The van der Waals surface area contributed by atoms with Gasteiger partial charge in [0.2, 0.25) is 0 Å². The molecule has 5 nitrogen and oxygen atoms in total. The highest BCUT2D eigenvalue weighted by molar-refractivity contribution is 5.94. The fourth-order valence-corrected chi connectivity index (χ4v) is 3.08. The molecule has 2 aromatic carbocycles. The minimum atomic E-state index is -0.356. The van der Waals surface area contributed by atoms with E-state index in [0.717, 1.165) is 11.1 Å². The second kappa shape index (κ2) is 6.48. The summed E-state index contributed by atoms with van der Waals surface area (Å²) in [6.45, 7) is 1.11. The first-order valence-electron chi connectivity index (χ1n) is 8.25. The van der Waals surface area contributed by atoms with Gasteiger partial charge in [0.05, 0.1) is 0 Å². The van der Waals surface area contributed by atoms with Gasteiger partial charge in [0.25, 0.3) is 5.91 Å². The molecular weight excluding hydrogens is 331 g/mol. The van der Waals surface area contributed by atoms with Crippen LogP contribution in [0.15, 0.2) is 60.7 Å². The van der Waals surface area contributed by atoms with Gasteiger partial charge in [-0.05, 0) is 35.4 Å². The molecule has 6 heteroatoms. The lowest BCUT2D eigenvalue weighted by molar-refractivity contribution is 0.0745. The molecular formula is C20H17FN4O.